The number of benzene rings is 1. The van der Waals surface area contributed by atoms with Crippen LogP contribution in [0.25, 0.3) is 0 Å². The van der Waals surface area contributed by atoms with E-state index in [4.69, 9.17) is 4.74 Å². The molecule has 0 spiro atoms. The molecule has 8 heteroatoms. The summed E-state index contributed by atoms with van der Waals surface area (Å²) in [6, 6.07) is 6.67. The molecule has 1 heterocycles. The summed E-state index contributed by atoms with van der Waals surface area (Å²) in [5.74, 6) is -0.368. The lowest BCUT2D eigenvalue weighted by atomic mass is 9.95. The van der Waals surface area contributed by atoms with Crippen LogP contribution in [0, 0.1) is 16.0 Å². The Hall–Kier alpha value is -2.64. The summed E-state index contributed by atoms with van der Waals surface area (Å²) in [4.78, 5) is 36.2. The molecule has 1 aliphatic rings. The van der Waals surface area contributed by atoms with Gasteiger partial charge in [-0.15, -0.1) is 0 Å². The maximum Gasteiger partial charge on any atom is 0.305 e. The van der Waals surface area contributed by atoms with E-state index in [1.54, 1.807) is 25.1 Å². The first kappa shape index (κ1) is 19.7. The molecule has 1 aromatic rings. The number of nitrogens with zero attached hydrogens (tertiary/aromatic N) is 2. The van der Waals surface area contributed by atoms with Crippen molar-refractivity contribution < 1.29 is 19.2 Å². The molecular weight excluding hydrogens is 338 g/mol. The highest BCUT2D eigenvalue weighted by molar-refractivity contribution is 5.79. The Labute approximate surface area is 152 Å². The smallest absolute Gasteiger partial charge is 0.305 e. The van der Waals surface area contributed by atoms with Crippen molar-refractivity contribution in [3.05, 3.63) is 34.4 Å². The van der Waals surface area contributed by atoms with Crippen LogP contribution in [0.3, 0.4) is 0 Å². The van der Waals surface area contributed by atoms with Crippen LogP contribution >= 0.6 is 0 Å². The molecule has 0 atom stereocenters. The topological polar surface area (TPSA) is 102 Å². The highest BCUT2D eigenvalue weighted by Crippen LogP contribution is 2.31. The fourth-order valence-electron chi connectivity index (χ4n) is 3.09. The van der Waals surface area contributed by atoms with Gasteiger partial charge in [0.2, 0.25) is 5.91 Å². The number of carbonyl (C=O) groups is 2. The minimum absolute atomic E-state index is 0.0175. The van der Waals surface area contributed by atoms with Crippen LogP contribution in [0.1, 0.15) is 32.6 Å². The van der Waals surface area contributed by atoms with Gasteiger partial charge in [-0.05, 0) is 32.3 Å². The van der Waals surface area contributed by atoms with Gasteiger partial charge in [0.15, 0.2) is 0 Å². The van der Waals surface area contributed by atoms with Crippen molar-refractivity contribution >= 4 is 23.3 Å². The molecular formula is C18H25N3O5. The van der Waals surface area contributed by atoms with E-state index in [-0.39, 0.29) is 28.4 Å². The van der Waals surface area contributed by atoms with E-state index in [1.807, 2.05) is 4.90 Å². The number of esters is 1. The molecule has 0 radical (unpaired) electrons. The zero-order valence-electron chi connectivity index (χ0n) is 15.0. The molecule has 0 aliphatic carbocycles. The predicted octanol–water partition coefficient (Wildman–Crippen LogP) is 2.27. The third kappa shape index (κ3) is 5.44. The monoisotopic (exact) mass is 363 g/mol. The second kappa shape index (κ2) is 9.74. The van der Waals surface area contributed by atoms with Gasteiger partial charge in [-0.1, -0.05) is 12.1 Å². The van der Waals surface area contributed by atoms with Crippen molar-refractivity contribution in [2.75, 3.05) is 31.1 Å². The third-order valence-corrected chi connectivity index (χ3v) is 4.45. The Balaban J connectivity index is 1.77. The van der Waals surface area contributed by atoms with Crippen molar-refractivity contribution in [3.8, 4) is 0 Å². The Bertz CT molecular complexity index is 641. The van der Waals surface area contributed by atoms with E-state index >= 15 is 0 Å². The summed E-state index contributed by atoms with van der Waals surface area (Å²) < 4.78 is 4.84. The first-order chi connectivity index (χ1) is 12.5. The minimum atomic E-state index is -0.377. The largest absolute Gasteiger partial charge is 0.466 e. The van der Waals surface area contributed by atoms with Crippen LogP contribution in [0.4, 0.5) is 11.4 Å². The van der Waals surface area contributed by atoms with E-state index in [0.717, 1.165) is 0 Å². The number of nitro benzene ring substituents is 1. The first-order valence-corrected chi connectivity index (χ1v) is 8.94. The lowest BCUT2D eigenvalue weighted by Crippen LogP contribution is -2.41. The predicted molar refractivity (Wildman–Crippen MR) is 96.9 cm³/mol. The molecule has 26 heavy (non-hydrogen) atoms. The quantitative estimate of drug-likeness (QED) is 0.329. The normalized spacial score (nSPS) is 14.7. The molecule has 0 aromatic heterocycles. The second-order valence-corrected chi connectivity index (χ2v) is 6.21. The lowest BCUT2D eigenvalue weighted by molar-refractivity contribution is -0.384. The summed E-state index contributed by atoms with van der Waals surface area (Å²) in [6.45, 7) is 3.78. The highest BCUT2D eigenvalue weighted by atomic mass is 16.6. The van der Waals surface area contributed by atoms with Gasteiger partial charge >= 0.3 is 5.97 Å². The molecule has 0 saturated carbocycles. The maximum absolute atomic E-state index is 12.2. The average Bonchev–Trinajstić information content (AvgIpc) is 2.65. The zero-order chi connectivity index (χ0) is 18.9. The van der Waals surface area contributed by atoms with Crippen LogP contribution in [0.15, 0.2) is 24.3 Å². The second-order valence-electron chi connectivity index (χ2n) is 6.21. The van der Waals surface area contributed by atoms with Gasteiger partial charge in [0, 0.05) is 38.0 Å². The fraction of sp³-hybridized carbons (Fsp3) is 0.556. The number of hydrogen-bond donors (Lipinski definition) is 1. The number of para-hydroxylation sites is 2. The summed E-state index contributed by atoms with van der Waals surface area (Å²) >= 11 is 0. The molecule has 1 saturated heterocycles. The SMILES string of the molecule is CCOC(=O)CCCNC(=O)C1CCN(c2ccccc2[N+](=O)[O-])CC1. The fourth-order valence-corrected chi connectivity index (χ4v) is 3.09. The van der Waals surface area contributed by atoms with Gasteiger partial charge in [0.05, 0.1) is 11.5 Å². The number of rotatable bonds is 8. The number of hydrogen-bond acceptors (Lipinski definition) is 6. The molecule has 1 aromatic carbocycles. The molecule has 142 valence electrons. The standard InChI is InChI=1S/C18H25N3O5/c1-2-26-17(22)8-5-11-19-18(23)14-9-12-20(13-10-14)15-6-3-4-7-16(15)21(24)25/h3-4,6-7,14H,2,5,8-13H2,1H3,(H,19,23). The van der Waals surface area contributed by atoms with Crippen molar-refractivity contribution in [2.45, 2.75) is 32.6 Å². The van der Waals surface area contributed by atoms with Gasteiger partial charge < -0.3 is 15.0 Å². The molecule has 1 N–H and O–H groups in total. The molecule has 1 aliphatic heterocycles. The molecule has 1 fully saturated rings. The van der Waals surface area contributed by atoms with Crippen molar-refractivity contribution in [1.82, 2.24) is 5.32 Å². The van der Waals surface area contributed by atoms with Crippen LogP contribution in [0.5, 0.6) is 0 Å². The summed E-state index contributed by atoms with van der Waals surface area (Å²) in [6.07, 6.45) is 2.15. The molecule has 0 bridgehead atoms. The third-order valence-electron chi connectivity index (χ3n) is 4.45. The molecule has 0 unspecified atom stereocenters. The summed E-state index contributed by atoms with van der Waals surface area (Å²) in [5, 5.41) is 14.0. The number of piperidine rings is 1. The number of amides is 1. The number of anilines is 1. The maximum atomic E-state index is 12.2. The Morgan fingerprint density at radius 1 is 1.31 bits per heavy atom. The van der Waals surface area contributed by atoms with Gasteiger partial charge in [-0.2, -0.15) is 0 Å². The van der Waals surface area contributed by atoms with Gasteiger partial charge in [0.1, 0.15) is 5.69 Å². The number of ether oxygens (including phenoxy) is 1. The van der Waals surface area contributed by atoms with Gasteiger partial charge in [-0.25, -0.2) is 0 Å². The molecule has 1 amide bonds. The van der Waals surface area contributed by atoms with E-state index in [0.29, 0.717) is 57.6 Å². The van der Waals surface area contributed by atoms with Crippen molar-refractivity contribution in [2.24, 2.45) is 5.92 Å². The molecule has 2 rings (SSSR count). The van der Waals surface area contributed by atoms with E-state index in [9.17, 15) is 19.7 Å². The van der Waals surface area contributed by atoms with Crippen molar-refractivity contribution in [1.29, 1.82) is 0 Å². The Kier molecular flexibility index (Phi) is 7.37. The Morgan fingerprint density at radius 2 is 2.00 bits per heavy atom. The van der Waals surface area contributed by atoms with E-state index in [1.165, 1.54) is 6.07 Å². The van der Waals surface area contributed by atoms with Crippen LogP contribution in [-0.4, -0.2) is 43.0 Å². The van der Waals surface area contributed by atoms with E-state index < -0.39 is 0 Å². The molecule has 8 nitrogen and oxygen atoms in total. The Morgan fingerprint density at radius 3 is 2.65 bits per heavy atom. The van der Waals surface area contributed by atoms with Crippen LogP contribution in [0.2, 0.25) is 0 Å². The van der Waals surface area contributed by atoms with Crippen LogP contribution in [-0.2, 0) is 14.3 Å². The number of nitro groups is 1. The van der Waals surface area contributed by atoms with Crippen LogP contribution < -0.4 is 10.2 Å². The number of nitrogens with one attached hydrogen (secondary N) is 1. The summed E-state index contributed by atoms with van der Waals surface area (Å²) in [7, 11) is 0. The summed E-state index contributed by atoms with van der Waals surface area (Å²) in [5.41, 5.74) is 0.695. The van der Waals surface area contributed by atoms with Gasteiger partial charge in [-0.3, -0.25) is 19.7 Å². The highest BCUT2D eigenvalue weighted by Gasteiger charge is 2.27. The van der Waals surface area contributed by atoms with Gasteiger partial charge in [0.25, 0.3) is 5.69 Å². The minimum Gasteiger partial charge on any atom is -0.466 e. The van der Waals surface area contributed by atoms with E-state index in [2.05, 4.69) is 5.32 Å². The first-order valence-electron chi connectivity index (χ1n) is 8.94. The van der Waals surface area contributed by atoms with Crippen molar-refractivity contribution in [3.63, 3.8) is 0 Å². The zero-order valence-corrected chi connectivity index (χ0v) is 15.0. The lowest BCUT2D eigenvalue weighted by Gasteiger charge is -2.32. The number of carbonyl (C=O) groups excluding carboxylic acids is 2. The average molecular weight is 363 g/mol.